The number of nitrogens with zero attached hydrogens (tertiary/aromatic N) is 3. The van der Waals surface area contributed by atoms with Crippen molar-refractivity contribution in [1.29, 1.82) is 0 Å². The number of ether oxygens (including phenoxy) is 2. The van der Waals surface area contributed by atoms with Crippen LogP contribution in [-0.2, 0) is 34.1 Å². The fraction of sp³-hybridized carbons (Fsp3) is 0.458. The standard InChI is InChI=1S/C24H31ClN4O4S/c1-17(28-10-12-33-13-11-28)16-29-22-7-6-19(27-34(3,30)31)15-21(22)26-24(29)9-5-18-4-8-23(32-2)20(25)14-18/h4,6-8,14-15,17,27H,5,9-13,16H2,1-3H3/t17-/m0/s1. The molecule has 0 spiro atoms. The first kappa shape index (κ1) is 24.8. The average molecular weight is 507 g/mol. The topological polar surface area (TPSA) is 85.7 Å². The molecule has 4 rings (SSSR count). The van der Waals surface area contributed by atoms with Crippen LogP contribution in [0.3, 0.4) is 0 Å². The van der Waals surface area contributed by atoms with Gasteiger partial charge in [-0.2, -0.15) is 0 Å². The van der Waals surface area contributed by atoms with E-state index in [4.69, 9.17) is 26.1 Å². The van der Waals surface area contributed by atoms with Gasteiger partial charge in [0.2, 0.25) is 10.0 Å². The summed E-state index contributed by atoms with van der Waals surface area (Å²) >= 11 is 6.31. The van der Waals surface area contributed by atoms with Crippen molar-refractivity contribution in [3.8, 4) is 5.75 Å². The number of fused-ring (bicyclic) bond motifs is 1. The molecule has 0 radical (unpaired) electrons. The lowest BCUT2D eigenvalue weighted by molar-refractivity contribution is 0.0170. The molecule has 184 valence electrons. The van der Waals surface area contributed by atoms with Crippen molar-refractivity contribution >= 4 is 38.3 Å². The van der Waals surface area contributed by atoms with E-state index in [1.807, 2.05) is 24.3 Å². The molecule has 8 nitrogen and oxygen atoms in total. The highest BCUT2D eigenvalue weighted by atomic mass is 35.5. The van der Waals surface area contributed by atoms with Crippen molar-refractivity contribution in [3.05, 3.63) is 52.8 Å². The summed E-state index contributed by atoms with van der Waals surface area (Å²) in [5, 5.41) is 0.589. The molecule has 3 aromatic rings. The molecule has 1 aliphatic heterocycles. The molecule has 0 unspecified atom stereocenters. The summed E-state index contributed by atoms with van der Waals surface area (Å²) < 4.78 is 38.9. The molecule has 1 aliphatic rings. The van der Waals surface area contributed by atoms with E-state index >= 15 is 0 Å². The summed E-state index contributed by atoms with van der Waals surface area (Å²) in [6, 6.07) is 11.7. The van der Waals surface area contributed by atoms with Crippen molar-refractivity contribution in [3.63, 3.8) is 0 Å². The normalized spacial score (nSPS) is 16.0. The van der Waals surface area contributed by atoms with Crippen molar-refractivity contribution in [1.82, 2.24) is 14.5 Å². The number of aromatic nitrogens is 2. The van der Waals surface area contributed by atoms with E-state index in [1.165, 1.54) is 0 Å². The highest BCUT2D eigenvalue weighted by Gasteiger charge is 2.20. The molecule has 10 heteroatoms. The first-order valence-corrected chi connectivity index (χ1v) is 13.6. The number of benzene rings is 2. The van der Waals surface area contributed by atoms with Crippen LogP contribution in [0.4, 0.5) is 5.69 Å². The molecule has 0 amide bonds. The van der Waals surface area contributed by atoms with Gasteiger partial charge in [0.25, 0.3) is 0 Å². The second kappa shape index (κ2) is 10.5. The lowest BCUT2D eigenvalue weighted by atomic mass is 10.1. The second-order valence-electron chi connectivity index (χ2n) is 8.68. The van der Waals surface area contributed by atoms with Crippen LogP contribution < -0.4 is 9.46 Å². The molecule has 0 saturated carbocycles. The maximum atomic E-state index is 11.7. The van der Waals surface area contributed by atoms with Crippen LogP contribution in [0, 0.1) is 0 Å². The predicted molar refractivity (Wildman–Crippen MR) is 135 cm³/mol. The zero-order valence-electron chi connectivity index (χ0n) is 19.8. The Bertz CT molecular complexity index is 1260. The summed E-state index contributed by atoms with van der Waals surface area (Å²) in [6.07, 6.45) is 2.64. The summed E-state index contributed by atoms with van der Waals surface area (Å²) in [4.78, 5) is 7.33. The SMILES string of the molecule is COc1ccc(CCc2nc3cc(NS(C)(=O)=O)ccc3n2C[C@H](C)N2CCOCC2)cc1Cl. The number of morpholine rings is 1. The fourth-order valence-electron chi connectivity index (χ4n) is 4.37. The van der Waals surface area contributed by atoms with E-state index in [9.17, 15) is 8.42 Å². The Labute approximate surface area is 205 Å². The minimum Gasteiger partial charge on any atom is -0.495 e. The number of rotatable bonds is 9. The third-order valence-corrected chi connectivity index (χ3v) is 7.00. The van der Waals surface area contributed by atoms with E-state index in [1.54, 1.807) is 19.2 Å². The molecule has 34 heavy (non-hydrogen) atoms. The number of nitrogens with one attached hydrogen (secondary N) is 1. The van der Waals surface area contributed by atoms with Crippen LogP contribution >= 0.6 is 11.6 Å². The van der Waals surface area contributed by atoms with E-state index in [2.05, 4.69) is 21.1 Å². The van der Waals surface area contributed by atoms with Gasteiger partial charge in [0.1, 0.15) is 11.6 Å². The molecule has 1 N–H and O–H groups in total. The Morgan fingerprint density at radius 2 is 1.94 bits per heavy atom. The van der Waals surface area contributed by atoms with Gasteiger partial charge >= 0.3 is 0 Å². The van der Waals surface area contributed by atoms with Gasteiger partial charge in [0.15, 0.2) is 0 Å². The minimum absolute atomic E-state index is 0.310. The van der Waals surface area contributed by atoms with Gasteiger partial charge < -0.3 is 14.0 Å². The van der Waals surface area contributed by atoms with Gasteiger partial charge in [-0.05, 0) is 49.2 Å². The highest BCUT2D eigenvalue weighted by molar-refractivity contribution is 7.92. The number of aryl methyl sites for hydroxylation is 2. The predicted octanol–water partition coefficient (Wildman–Crippen LogP) is 3.58. The number of sulfonamides is 1. The van der Waals surface area contributed by atoms with E-state index in [-0.39, 0.29) is 0 Å². The van der Waals surface area contributed by atoms with E-state index in [0.717, 1.165) is 74.4 Å². The largest absolute Gasteiger partial charge is 0.495 e. The van der Waals surface area contributed by atoms with Crippen LogP contribution in [0.5, 0.6) is 5.75 Å². The smallest absolute Gasteiger partial charge is 0.229 e. The Kier molecular flexibility index (Phi) is 7.67. The Hall–Kier alpha value is -2.33. The average Bonchev–Trinajstić information content (AvgIpc) is 3.13. The molecular formula is C24H31ClN4O4S. The van der Waals surface area contributed by atoms with Crippen LogP contribution in [0.15, 0.2) is 36.4 Å². The van der Waals surface area contributed by atoms with Crippen LogP contribution in [-0.4, -0.2) is 68.6 Å². The molecule has 1 atom stereocenters. The summed E-state index contributed by atoms with van der Waals surface area (Å²) in [5.41, 5.74) is 3.37. The monoisotopic (exact) mass is 506 g/mol. The molecular weight excluding hydrogens is 476 g/mol. The van der Waals surface area contributed by atoms with Gasteiger partial charge in [0.05, 0.1) is 48.3 Å². The van der Waals surface area contributed by atoms with E-state index in [0.29, 0.717) is 22.5 Å². The molecule has 0 aliphatic carbocycles. The quantitative estimate of drug-likeness (QED) is 0.477. The van der Waals surface area contributed by atoms with Gasteiger partial charge in [-0.15, -0.1) is 0 Å². The molecule has 1 saturated heterocycles. The van der Waals surface area contributed by atoms with Crippen molar-refractivity contribution < 1.29 is 17.9 Å². The van der Waals surface area contributed by atoms with E-state index < -0.39 is 10.0 Å². The maximum absolute atomic E-state index is 11.7. The molecule has 1 aromatic heterocycles. The Morgan fingerprint density at radius 3 is 2.62 bits per heavy atom. The van der Waals surface area contributed by atoms with Crippen LogP contribution in [0.2, 0.25) is 5.02 Å². The molecule has 2 aromatic carbocycles. The van der Waals surface area contributed by atoms with Crippen LogP contribution in [0.25, 0.3) is 11.0 Å². The highest BCUT2D eigenvalue weighted by Crippen LogP contribution is 2.27. The summed E-state index contributed by atoms with van der Waals surface area (Å²) in [5.74, 6) is 1.61. The second-order valence-corrected chi connectivity index (χ2v) is 10.8. The number of hydrogen-bond acceptors (Lipinski definition) is 6. The first-order valence-electron chi connectivity index (χ1n) is 11.3. The third kappa shape index (κ3) is 6.02. The zero-order chi connectivity index (χ0) is 24.3. The summed E-state index contributed by atoms with van der Waals surface area (Å²) in [7, 11) is -1.76. The van der Waals surface area contributed by atoms with Gasteiger partial charge in [-0.3, -0.25) is 9.62 Å². The van der Waals surface area contributed by atoms with Crippen molar-refractivity contribution in [2.45, 2.75) is 32.4 Å². The van der Waals surface area contributed by atoms with Crippen LogP contribution in [0.1, 0.15) is 18.3 Å². The number of methoxy groups -OCH3 is 1. The van der Waals surface area contributed by atoms with Gasteiger partial charge in [-0.25, -0.2) is 13.4 Å². The molecule has 1 fully saturated rings. The van der Waals surface area contributed by atoms with Crippen molar-refractivity contribution in [2.75, 3.05) is 44.4 Å². The van der Waals surface area contributed by atoms with Gasteiger partial charge in [0, 0.05) is 32.1 Å². The number of imidazole rings is 1. The minimum atomic E-state index is -3.36. The zero-order valence-corrected chi connectivity index (χ0v) is 21.3. The molecule has 2 heterocycles. The lowest BCUT2D eigenvalue weighted by Crippen LogP contribution is -2.44. The molecule has 0 bridgehead atoms. The maximum Gasteiger partial charge on any atom is 0.229 e. The fourth-order valence-corrected chi connectivity index (χ4v) is 5.21. The lowest BCUT2D eigenvalue weighted by Gasteiger charge is -2.32. The Morgan fingerprint density at radius 1 is 1.18 bits per heavy atom. The Balaban J connectivity index is 1.63. The first-order chi connectivity index (χ1) is 16.2. The number of halogens is 1. The number of hydrogen-bond donors (Lipinski definition) is 1. The third-order valence-electron chi connectivity index (χ3n) is 6.10. The number of anilines is 1. The van der Waals surface area contributed by atoms with Crippen molar-refractivity contribution in [2.24, 2.45) is 0 Å². The van der Waals surface area contributed by atoms with Gasteiger partial charge in [-0.1, -0.05) is 17.7 Å². The summed E-state index contributed by atoms with van der Waals surface area (Å²) in [6.45, 7) is 6.34.